The number of hydrogen-bond donors (Lipinski definition) is 0. The van der Waals surface area contributed by atoms with Crippen molar-refractivity contribution in [3.63, 3.8) is 0 Å². The number of rotatable bonds is 4. The van der Waals surface area contributed by atoms with Crippen LogP contribution in [0.25, 0.3) is 0 Å². The first-order chi connectivity index (χ1) is 8.69. The lowest BCUT2D eigenvalue weighted by Crippen LogP contribution is -2.17. The molecule has 0 radical (unpaired) electrons. The molecule has 0 amide bonds. The third-order valence-electron chi connectivity index (χ3n) is 2.92. The van der Waals surface area contributed by atoms with Gasteiger partial charge in [-0.15, -0.1) is 11.3 Å². The average Bonchev–Trinajstić information content (AvgIpc) is 2.84. The smallest absolute Gasteiger partial charge is 0.0991 e. The number of benzene rings is 1. The van der Waals surface area contributed by atoms with Crippen LogP contribution in [0.15, 0.2) is 35.7 Å². The van der Waals surface area contributed by atoms with Crippen LogP contribution in [0.5, 0.6) is 0 Å². The molecule has 0 saturated heterocycles. The number of hydrogen-bond acceptors (Lipinski definition) is 3. The normalized spacial score (nSPS) is 10.6. The van der Waals surface area contributed by atoms with E-state index < -0.39 is 0 Å². The zero-order chi connectivity index (χ0) is 13.0. The van der Waals surface area contributed by atoms with Crippen LogP contribution in [0.4, 0.5) is 0 Å². The summed E-state index contributed by atoms with van der Waals surface area (Å²) in [5, 5.41) is 11.0. The van der Waals surface area contributed by atoms with Gasteiger partial charge in [0.25, 0.3) is 0 Å². The minimum Gasteiger partial charge on any atom is -0.297 e. The largest absolute Gasteiger partial charge is 0.297 e. The van der Waals surface area contributed by atoms with E-state index in [2.05, 4.69) is 48.5 Å². The van der Waals surface area contributed by atoms with Gasteiger partial charge in [-0.05, 0) is 48.7 Å². The van der Waals surface area contributed by atoms with Gasteiger partial charge in [0, 0.05) is 18.0 Å². The fourth-order valence-corrected chi connectivity index (χ4v) is 2.74. The summed E-state index contributed by atoms with van der Waals surface area (Å²) in [4.78, 5) is 3.67. The fraction of sp³-hybridized carbons (Fsp3) is 0.267. The Morgan fingerprint density at radius 1 is 1.28 bits per heavy atom. The summed E-state index contributed by atoms with van der Waals surface area (Å²) in [6.45, 7) is 3.95. The van der Waals surface area contributed by atoms with E-state index >= 15 is 0 Å². The average molecular weight is 256 g/mol. The van der Waals surface area contributed by atoms with Crippen LogP contribution in [0.3, 0.4) is 0 Å². The molecule has 18 heavy (non-hydrogen) atoms. The second kappa shape index (κ2) is 5.81. The molecular formula is C15H16N2S. The van der Waals surface area contributed by atoms with Crippen LogP contribution < -0.4 is 0 Å². The van der Waals surface area contributed by atoms with Gasteiger partial charge in [-0.25, -0.2) is 0 Å². The second-order valence-corrected chi connectivity index (χ2v) is 5.54. The van der Waals surface area contributed by atoms with Crippen molar-refractivity contribution in [1.82, 2.24) is 4.90 Å². The monoisotopic (exact) mass is 256 g/mol. The first-order valence-electron chi connectivity index (χ1n) is 5.89. The third kappa shape index (κ3) is 3.19. The lowest BCUT2D eigenvalue weighted by molar-refractivity contribution is 0.321. The van der Waals surface area contributed by atoms with Crippen LogP contribution >= 0.6 is 11.3 Å². The van der Waals surface area contributed by atoms with Gasteiger partial charge in [0.1, 0.15) is 0 Å². The first-order valence-corrected chi connectivity index (χ1v) is 6.77. The summed E-state index contributed by atoms with van der Waals surface area (Å²) in [7, 11) is 2.12. The summed E-state index contributed by atoms with van der Waals surface area (Å²) >= 11 is 1.79. The molecule has 2 nitrogen and oxygen atoms in total. The Morgan fingerprint density at radius 2 is 2.11 bits per heavy atom. The maximum absolute atomic E-state index is 8.85. The topological polar surface area (TPSA) is 27.0 Å². The van der Waals surface area contributed by atoms with Crippen molar-refractivity contribution in [3.8, 4) is 6.07 Å². The lowest BCUT2D eigenvalue weighted by Gasteiger charge is -2.17. The molecule has 2 aromatic rings. The highest BCUT2D eigenvalue weighted by Gasteiger charge is 2.05. The maximum Gasteiger partial charge on any atom is 0.0991 e. The minimum atomic E-state index is 0.733. The molecule has 0 bridgehead atoms. The Morgan fingerprint density at radius 3 is 2.72 bits per heavy atom. The Balaban J connectivity index is 2.03. The number of nitriles is 1. The second-order valence-electron chi connectivity index (χ2n) is 4.50. The van der Waals surface area contributed by atoms with Crippen molar-refractivity contribution in [1.29, 1.82) is 5.26 Å². The first kappa shape index (κ1) is 12.8. The Labute approximate surface area is 112 Å². The van der Waals surface area contributed by atoms with Crippen molar-refractivity contribution in [2.24, 2.45) is 0 Å². The van der Waals surface area contributed by atoms with Gasteiger partial charge >= 0.3 is 0 Å². The van der Waals surface area contributed by atoms with Crippen molar-refractivity contribution < 1.29 is 0 Å². The molecule has 1 aromatic carbocycles. The van der Waals surface area contributed by atoms with Gasteiger partial charge in [0.2, 0.25) is 0 Å². The van der Waals surface area contributed by atoms with Crippen LogP contribution in [0.1, 0.15) is 21.6 Å². The standard InChI is InChI=1S/C15H16N2S/c1-12-8-13(9-16)5-6-14(12)10-17(2)11-15-4-3-7-18-15/h3-8H,10-11H2,1-2H3. The van der Waals surface area contributed by atoms with Crippen molar-refractivity contribution in [2.75, 3.05) is 7.05 Å². The molecule has 0 aliphatic carbocycles. The zero-order valence-corrected chi connectivity index (χ0v) is 11.5. The predicted molar refractivity (Wildman–Crippen MR) is 75.4 cm³/mol. The molecule has 0 atom stereocenters. The summed E-state index contributed by atoms with van der Waals surface area (Å²) in [5.74, 6) is 0. The van der Waals surface area contributed by atoms with Gasteiger partial charge in [-0.1, -0.05) is 12.1 Å². The number of aryl methyl sites for hydroxylation is 1. The fourth-order valence-electron chi connectivity index (χ4n) is 1.96. The van der Waals surface area contributed by atoms with Gasteiger partial charge in [-0.3, -0.25) is 4.90 Å². The van der Waals surface area contributed by atoms with Gasteiger partial charge in [-0.2, -0.15) is 5.26 Å². The van der Waals surface area contributed by atoms with E-state index in [1.54, 1.807) is 11.3 Å². The molecule has 0 spiro atoms. The molecule has 1 heterocycles. The highest BCUT2D eigenvalue weighted by atomic mass is 32.1. The van der Waals surface area contributed by atoms with E-state index in [1.165, 1.54) is 16.0 Å². The zero-order valence-electron chi connectivity index (χ0n) is 10.7. The van der Waals surface area contributed by atoms with Crippen molar-refractivity contribution in [2.45, 2.75) is 20.0 Å². The minimum absolute atomic E-state index is 0.733. The highest BCUT2D eigenvalue weighted by molar-refractivity contribution is 7.09. The van der Waals surface area contributed by atoms with E-state index in [0.717, 1.165) is 18.7 Å². The molecule has 0 aliphatic rings. The SMILES string of the molecule is Cc1cc(C#N)ccc1CN(C)Cc1cccs1. The molecule has 3 heteroatoms. The molecule has 92 valence electrons. The van der Waals surface area contributed by atoms with E-state index in [4.69, 9.17) is 5.26 Å². The molecule has 2 rings (SSSR count). The summed E-state index contributed by atoms with van der Waals surface area (Å²) in [6, 6.07) is 12.3. The Bertz CT molecular complexity index is 552. The third-order valence-corrected chi connectivity index (χ3v) is 3.78. The molecule has 1 aromatic heterocycles. The molecule has 0 fully saturated rings. The molecule has 0 aliphatic heterocycles. The van der Waals surface area contributed by atoms with Gasteiger partial charge in [0.05, 0.1) is 11.6 Å². The van der Waals surface area contributed by atoms with Crippen LogP contribution in [-0.4, -0.2) is 11.9 Å². The summed E-state index contributed by atoms with van der Waals surface area (Å²) < 4.78 is 0. The molecule has 0 saturated carbocycles. The van der Waals surface area contributed by atoms with E-state index in [0.29, 0.717) is 0 Å². The van der Waals surface area contributed by atoms with E-state index in [9.17, 15) is 0 Å². The number of thiophene rings is 1. The van der Waals surface area contributed by atoms with Crippen molar-refractivity contribution >= 4 is 11.3 Å². The Kier molecular flexibility index (Phi) is 4.14. The lowest BCUT2D eigenvalue weighted by atomic mass is 10.1. The summed E-state index contributed by atoms with van der Waals surface area (Å²) in [6.07, 6.45) is 0. The van der Waals surface area contributed by atoms with Crippen LogP contribution in [0.2, 0.25) is 0 Å². The Hall–Kier alpha value is -1.63. The van der Waals surface area contributed by atoms with Crippen molar-refractivity contribution in [3.05, 3.63) is 57.3 Å². The quantitative estimate of drug-likeness (QED) is 0.836. The van der Waals surface area contributed by atoms with E-state index in [-0.39, 0.29) is 0 Å². The van der Waals surface area contributed by atoms with E-state index in [1.807, 2.05) is 12.1 Å². The highest BCUT2D eigenvalue weighted by Crippen LogP contribution is 2.16. The van der Waals surface area contributed by atoms with Gasteiger partial charge < -0.3 is 0 Å². The summed E-state index contributed by atoms with van der Waals surface area (Å²) in [5.41, 5.74) is 3.21. The van der Waals surface area contributed by atoms with Crippen LogP contribution in [-0.2, 0) is 13.1 Å². The number of nitrogens with zero attached hydrogens (tertiary/aromatic N) is 2. The predicted octanol–water partition coefficient (Wildman–Crippen LogP) is 3.56. The van der Waals surface area contributed by atoms with Gasteiger partial charge in [0.15, 0.2) is 0 Å². The molecule has 0 unspecified atom stereocenters. The maximum atomic E-state index is 8.85. The molecular weight excluding hydrogens is 240 g/mol. The van der Waals surface area contributed by atoms with Crippen LogP contribution in [0, 0.1) is 18.3 Å². The molecule has 0 N–H and O–H groups in total.